The van der Waals surface area contributed by atoms with E-state index in [1.54, 1.807) is 17.7 Å². The molecule has 0 aliphatic rings. The Labute approximate surface area is 187 Å². The van der Waals surface area contributed by atoms with E-state index >= 15 is 0 Å². The van der Waals surface area contributed by atoms with Crippen LogP contribution < -0.4 is 10.7 Å². The standard InChI is InChI=1S/C22H19N7O4/c1-15-11-20(30)21(26-28(15)18-9-5-6-10-19(18)29(32)33)22(31)25-17(12-27-14-23-13-24-27)16-7-3-2-4-8-16/h2-11,13-14,17H,12H2,1H3,(H,25,31). The minimum atomic E-state index is -0.707. The van der Waals surface area contributed by atoms with Crippen LogP contribution in [0, 0.1) is 17.0 Å². The summed E-state index contributed by atoms with van der Waals surface area (Å²) >= 11 is 0. The van der Waals surface area contributed by atoms with Crippen molar-refractivity contribution < 1.29 is 9.72 Å². The predicted octanol–water partition coefficient (Wildman–Crippen LogP) is 2.21. The average molecular weight is 445 g/mol. The van der Waals surface area contributed by atoms with Crippen LogP contribution in [0.4, 0.5) is 5.69 Å². The third-order valence-corrected chi connectivity index (χ3v) is 4.97. The molecule has 11 nitrogen and oxygen atoms in total. The van der Waals surface area contributed by atoms with Gasteiger partial charge in [0, 0.05) is 17.8 Å². The number of benzene rings is 2. The molecule has 11 heteroatoms. The first-order valence-electron chi connectivity index (χ1n) is 9.97. The largest absolute Gasteiger partial charge is 0.342 e. The van der Waals surface area contributed by atoms with Crippen molar-refractivity contribution >= 4 is 11.6 Å². The summed E-state index contributed by atoms with van der Waals surface area (Å²) in [4.78, 5) is 40.6. The molecule has 0 saturated heterocycles. The first-order valence-corrected chi connectivity index (χ1v) is 9.97. The van der Waals surface area contributed by atoms with Crippen LogP contribution in [0.3, 0.4) is 0 Å². The van der Waals surface area contributed by atoms with Crippen LogP contribution >= 0.6 is 0 Å². The Balaban J connectivity index is 1.71. The minimum absolute atomic E-state index is 0.149. The average Bonchev–Trinajstić information content (AvgIpc) is 3.32. The van der Waals surface area contributed by atoms with Crippen molar-refractivity contribution in [2.45, 2.75) is 19.5 Å². The lowest BCUT2D eigenvalue weighted by Crippen LogP contribution is -2.36. The molecule has 0 aliphatic heterocycles. The quantitative estimate of drug-likeness (QED) is 0.340. The molecule has 0 spiro atoms. The van der Waals surface area contributed by atoms with Gasteiger partial charge in [0.1, 0.15) is 18.3 Å². The molecule has 0 bridgehead atoms. The summed E-state index contributed by atoms with van der Waals surface area (Å²) in [6.07, 6.45) is 2.91. The van der Waals surface area contributed by atoms with E-state index in [0.717, 1.165) is 5.56 Å². The molecular weight excluding hydrogens is 426 g/mol. The van der Waals surface area contributed by atoms with Crippen LogP contribution in [-0.4, -0.2) is 35.4 Å². The van der Waals surface area contributed by atoms with E-state index in [-0.39, 0.29) is 23.6 Å². The van der Waals surface area contributed by atoms with Gasteiger partial charge in [-0.05, 0) is 18.6 Å². The number of nitrogens with zero attached hydrogens (tertiary/aromatic N) is 6. The van der Waals surface area contributed by atoms with Gasteiger partial charge >= 0.3 is 0 Å². The van der Waals surface area contributed by atoms with Gasteiger partial charge in [-0.1, -0.05) is 42.5 Å². The highest BCUT2D eigenvalue weighted by Gasteiger charge is 2.23. The number of nitrogens with one attached hydrogen (secondary N) is 1. The second kappa shape index (κ2) is 9.22. The van der Waals surface area contributed by atoms with Crippen molar-refractivity contribution in [1.29, 1.82) is 0 Å². The second-order valence-electron chi connectivity index (χ2n) is 7.21. The van der Waals surface area contributed by atoms with E-state index in [1.165, 1.54) is 41.6 Å². The number of hydrogen-bond acceptors (Lipinski definition) is 7. The molecule has 166 valence electrons. The van der Waals surface area contributed by atoms with Gasteiger partial charge in [-0.2, -0.15) is 10.2 Å². The van der Waals surface area contributed by atoms with Crippen molar-refractivity contribution in [2.24, 2.45) is 0 Å². The fraction of sp³-hybridized carbons (Fsp3) is 0.136. The number of carbonyl (C=O) groups excluding carboxylic acids is 1. The van der Waals surface area contributed by atoms with E-state index in [4.69, 9.17) is 0 Å². The summed E-state index contributed by atoms with van der Waals surface area (Å²) < 4.78 is 2.79. The lowest BCUT2D eigenvalue weighted by atomic mass is 10.1. The molecule has 0 saturated carbocycles. The van der Waals surface area contributed by atoms with Crippen LogP contribution in [0.5, 0.6) is 0 Å². The number of aromatic nitrogens is 5. The SMILES string of the molecule is Cc1cc(=O)c(C(=O)NC(Cn2cncn2)c2ccccc2)nn1-c1ccccc1[N+](=O)[O-]. The Kier molecular flexibility index (Phi) is 6.02. The normalized spacial score (nSPS) is 11.7. The summed E-state index contributed by atoms with van der Waals surface area (Å²) in [5, 5.41) is 22.5. The van der Waals surface area contributed by atoms with E-state index in [0.29, 0.717) is 5.69 Å². The van der Waals surface area contributed by atoms with Gasteiger partial charge in [-0.15, -0.1) is 0 Å². The number of carbonyl (C=O) groups is 1. The van der Waals surface area contributed by atoms with Gasteiger partial charge in [-0.25, -0.2) is 9.67 Å². The molecule has 33 heavy (non-hydrogen) atoms. The highest BCUT2D eigenvalue weighted by molar-refractivity contribution is 5.92. The summed E-state index contributed by atoms with van der Waals surface area (Å²) in [5.41, 5.74) is 0.138. The van der Waals surface area contributed by atoms with Crippen LogP contribution in [0.2, 0.25) is 0 Å². The fourth-order valence-electron chi connectivity index (χ4n) is 3.41. The van der Waals surface area contributed by atoms with Crippen molar-refractivity contribution in [3.8, 4) is 5.69 Å². The molecule has 0 aliphatic carbocycles. The van der Waals surface area contributed by atoms with Gasteiger partial charge in [-0.3, -0.25) is 24.4 Å². The third kappa shape index (κ3) is 4.66. The van der Waals surface area contributed by atoms with Crippen molar-refractivity contribution in [3.63, 3.8) is 0 Å². The van der Waals surface area contributed by atoms with Crippen LogP contribution in [0.1, 0.15) is 27.8 Å². The molecule has 2 aromatic carbocycles. The zero-order valence-corrected chi connectivity index (χ0v) is 17.5. The molecule has 1 atom stereocenters. The lowest BCUT2D eigenvalue weighted by molar-refractivity contribution is -0.384. The number of hydrogen-bond donors (Lipinski definition) is 1. The maximum atomic E-state index is 13.1. The molecule has 4 aromatic rings. The van der Waals surface area contributed by atoms with Gasteiger partial charge in [0.2, 0.25) is 5.43 Å². The van der Waals surface area contributed by atoms with E-state index in [1.807, 2.05) is 30.3 Å². The highest BCUT2D eigenvalue weighted by Crippen LogP contribution is 2.22. The van der Waals surface area contributed by atoms with Gasteiger partial charge in [0.15, 0.2) is 5.69 Å². The minimum Gasteiger partial charge on any atom is -0.342 e. The lowest BCUT2D eigenvalue weighted by Gasteiger charge is -2.19. The Morgan fingerprint density at radius 2 is 1.88 bits per heavy atom. The number of rotatable bonds is 7. The highest BCUT2D eigenvalue weighted by atomic mass is 16.6. The molecule has 1 amide bonds. The molecule has 2 aromatic heterocycles. The zero-order chi connectivity index (χ0) is 23.4. The van der Waals surface area contributed by atoms with E-state index in [2.05, 4.69) is 20.5 Å². The van der Waals surface area contributed by atoms with Crippen molar-refractivity contribution in [2.75, 3.05) is 0 Å². The fourth-order valence-corrected chi connectivity index (χ4v) is 3.41. The van der Waals surface area contributed by atoms with Gasteiger partial charge < -0.3 is 5.32 Å². The third-order valence-electron chi connectivity index (χ3n) is 4.97. The number of aryl methyl sites for hydroxylation is 1. The van der Waals surface area contributed by atoms with E-state index in [9.17, 15) is 19.7 Å². The van der Waals surface area contributed by atoms with Crippen LogP contribution in [0.25, 0.3) is 5.69 Å². The first-order chi connectivity index (χ1) is 15.9. The molecule has 4 rings (SSSR count). The second-order valence-corrected chi connectivity index (χ2v) is 7.21. The summed E-state index contributed by atoms with van der Waals surface area (Å²) in [7, 11) is 0. The maximum Gasteiger partial charge on any atom is 0.294 e. The number of para-hydroxylation sites is 2. The molecular formula is C22H19N7O4. The topological polar surface area (TPSA) is 138 Å². The smallest absolute Gasteiger partial charge is 0.294 e. The van der Waals surface area contributed by atoms with Crippen LogP contribution in [-0.2, 0) is 6.54 Å². The molecule has 0 fully saturated rings. The van der Waals surface area contributed by atoms with Crippen molar-refractivity contribution in [3.05, 3.63) is 111 Å². The Morgan fingerprint density at radius 1 is 1.15 bits per heavy atom. The predicted molar refractivity (Wildman–Crippen MR) is 118 cm³/mol. The Morgan fingerprint density at radius 3 is 2.58 bits per heavy atom. The summed E-state index contributed by atoms with van der Waals surface area (Å²) in [6, 6.07) is 15.9. The molecule has 0 radical (unpaired) electrons. The molecule has 2 heterocycles. The van der Waals surface area contributed by atoms with Gasteiger partial charge in [0.05, 0.1) is 17.5 Å². The summed E-state index contributed by atoms with van der Waals surface area (Å²) in [6.45, 7) is 1.87. The van der Waals surface area contributed by atoms with Gasteiger partial charge in [0.25, 0.3) is 11.6 Å². The maximum absolute atomic E-state index is 13.1. The van der Waals surface area contributed by atoms with Crippen molar-refractivity contribution in [1.82, 2.24) is 29.9 Å². The number of amides is 1. The Bertz CT molecular complexity index is 1350. The number of nitro groups is 1. The van der Waals surface area contributed by atoms with Crippen LogP contribution in [0.15, 0.2) is 78.1 Å². The Hall–Kier alpha value is -4.67. The van der Waals surface area contributed by atoms with E-state index < -0.39 is 22.3 Å². The zero-order valence-electron chi connectivity index (χ0n) is 17.5. The molecule has 1 N–H and O–H groups in total. The molecule has 1 unspecified atom stereocenters. The monoisotopic (exact) mass is 445 g/mol. The first kappa shape index (κ1) is 21.6. The summed E-state index contributed by atoms with van der Waals surface area (Å²) in [5.74, 6) is -0.707. The number of nitro benzene ring substituents is 1.